The maximum atomic E-state index is 12.5. The van der Waals surface area contributed by atoms with E-state index in [4.69, 9.17) is 4.74 Å². The number of hydrogen-bond acceptors (Lipinski definition) is 7. The quantitative estimate of drug-likeness (QED) is 0.390. The summed E-state index contributed by atoms with van der Waals surface area (Å²) in [5.41, 5.74) is 2.13. The molecule has 34 heavy (non-hydrogen) atoms. The lowest BCUT2D eigenvalue weighted by Crippen LogP contribution is -2.35. The van der Waals surface area contributed by atoms with Crippen molar-refractivity contribution in [3.63, 3.8) is 0 Å². The van der Waals surface area contributed by atoms with Crippen LogP contribution in [0.3, 0.4) is 0 Å². The van der Waals surface area contributed by atoms with E-state index in [1.165, 1.54) is 0 Å². The number of amides is 1. The highest BCUT2D eigenvalue weighted by Crippen LogP contribution is 2.44. The Kier molecular flexibility index (Phi) is 5.92. The van der Waals surface area contributed by atoms with E-state index in [0.29, 0.717) is 6.07 Å². The minimum absolute atomic E-state index is 0.0887. The minimum Gasteiger partial charge on any atom is -0.479 e. The first-order chi connectivity index (χ1) is 16.3. The van der Waals surface area contributed by atoms with Crippen LogP contribution >= 0.6 is 0 Å². The molecule has 1 amide bonds. The van der Waals surface area contributed by atoms with Gasteiger partial charge in [0.1, 0.15) is 6.61 Å². The average Bonchev–Trinajstić information content (AvgIpc) is 3.14. The first-order valence-corrected chi connectivity index (χ1v) is 10.0. The highest BCUT2D eigenvalue weighted by molar-refractivity contribution is 5.83. The molecule has 1 atom stereocenters. The van der Waals surface area contributed by atoms with Gasteiger partial charge in [-0.05, 0) is 28.3 Å². The Hall–Kier alpha value is -4.80. The van der Waals surface area contributed by atoms with Crippen molar-refractivity contribution in [3.05, 3.63) is 104 Å². The SMILES string of the molecule is O=C(N[C@@H](C(=O)O)c1ccc([N+](=O)[O-])cc1[N+](=O)[O-])OCC1c2ccccc2-c2ccccc21. The third-order valence-corrected chi connectivity index (χ3v) is 5.59. The summed E-state index contributed by atoms with van der Waals surface area (Å²) in [6.45, 7) is -0.0887. The molecule has 2 N–H and O–H groups in total. The van der Waals surface area contributed by atoms with Gasteiger partial charge in [0, 0.05) is 12.0 Å². The molecule has 172 valence electrons. The normalized spacial score (nSPS) is 12.8. The number of fused-ring (bicyclic) bond motifs is 3. The average molecular weight is 463 g/mol. The Balaban J connectivity index is 1.54. The van der Waals surface area contributed by atoms with Crippen molar-refractivity contribution in [2.45, 2.75) is 12.0 Å². The van der Waals surface area contributed by atoms with Crippen LogP contribution in [0.4, 0.5) is 16.2 Å². The van der Waals surface area contributed by atoms with Gasteiger partial charge in [-0.25, -0.2) is 9.59 Å². The number of aliphatic carboxylic acids is 1. The molecule has 0 spiro atoms. The van der Waals surface area contributed by atoms with Gasteiger partial charge in [0.2, 0.25) is 0 Å². The molecule has 11 nitrogen and oxygen atoms in total. The first-order valence-electron chi connectivity index (χ1n) is 10.0. The van der Waals surface area contributed by atoms with Crippen LogP contribution in [0.2, 0.25) is 0 Å². The molecule has 0 heterocycles. The number of carboxylic acids is 1. The zero-order valence-corrected chi connectivity index (χ0v) is 17.4. The number of non-ortho nitro benzene ring substituents is 1. The van der Waals surface area contributed by atoms with Crippen LogP contribution in [0.15, 0.2) is 66.7 Å². The molecule has 0 unspecified atom stereocenters. The number of nitrogens with one attached hydrogen (secondary N) is 1. The fourth-order valence-electron chi connectivity index (χ4n) is 4.08. The molecular formula is C23H17N3O8. The molecule has 0 aromatic heterocycles. The van der Waals surface area contributed by atoms with Crippen LogP contribution in [0, 0.1) is 20.2 Å². The lowest BCUT2D eigenvalue weighted by Gasteiger charge is -2.17. The summed E-state index contributed by atoms with van der Waals surface area (Å²) in [5, 5.41) is 34.0. The maximum absolute atomic E-state index is 12.5. The second-order valence-corrected chi connectivity index (χ2v) is 7.50. The summed E-state index contributed by atoms with van der Waals surface area (Å²) >= 11 is 0. The molecule has 3 aromatic rings. The molecule has 0 bridgehead atoms. The van der Waals surface area contributed by atoms with Crippen molar-refractivity contribution >= 4 is 23.4 Å². The van der Waals surface area contributed by atoms with Crippen molar-refractivity contribution in [1.82, 2.24) is 5.32 Å². The summed E-state index contributed by atoms with van der Waals surface area (Å²) in [4.78, 5) is 44.8. The molecular weight excluding hydrogens is 446 g/mol. The fraction of sp³-hybridized carbons (Fsp3) is 0.130. The number of nitrogens with zero attached hydrogens (tertiary/aromatic N) is 2. The number of nitro benzene ring substituents is 2. The number of ether oxygens (including phenoxy) is 1. The van der Waals surface area contributed by atoms with E-state index < -0.39 is 44.9 Å². The molecule has 0 radical (unpaired) electrons. The summed E-state index contributed by atoms with van der Waals surface area (Å²) in [6.07, 6.45) is -1.10. The van der Waals surface area contributed by atoms with Gasteiger partial charge in [-0.2, -0.15) is 0 Å². The Morgan fingerprint density at radius 3 is 2.06 bits per heavy atom. The highest BCUT2D eigenvalue weighted by atomic mass is 16.6. The van der Waals surface area contributed by atoms with E-state index >= 15 is 0 Å². The largest absolute Gasteiger partial charge is 0.479 e. The topological polar surface area (TPSA) is 162 Å². The predicted molar refractivity (Wildman–Crippen MR) is 118 cm³/mol. The molecule has 3 aromatic carbocycles. The number of carboxylic acid groups (broad SMARTS) is 1. The number of hydrogen-bond donors (Lipinski definition) is 2. The van der Waals surface area contributed by atoms with Gasteiger partial charge < -0.3 is 15.2 Å². The van der Waals surface area contributed by atoms with Crippen LogP contribution in [0.25, 0.3) is 11.1 Å². The molecule has 0 saturated carbocycles. The molecule has 0 fully saturated rings. The minimum atomic E-state index is -1.85. The molecule has 0 saturated heterocycles. The Bertz CT molecular complexity index is 1280. The second-order valence-electron chi connectivity index (χ2n) is 7.50. The van der Waals surface area contributed by atoms with E-state index in [2.05, 4.69) is 5.32 Å². The van der Waals surface area contributed by atoms with E-state index in [0.717, 1.165) is 34.4 Å². The fourth-order valence-corrected chi connectivity index (χ4v) is 4.08. The van der Waals surface area contributed by atoms with Gasteiger partial charge >= 0.3 is 12.1 Å². The standard InChI is InChI=1S/C23H17N3O8/c27-22(28)21(18-10-9-13(25(30)31)11-20(18)26(32)33)24-23(29)34-12-19-16-7-3-1-5-14(16)15-6-2-4-8-17(15)19/h1-11,19,21H,12H2,(H,24,29)(H,27,28)/t21-/m1/s1. The molecule has 0 aliphatic heterocycles. The monoisotopic (exact) mass is 463 g/mol. The lowest BCUT2D eigenvalue weighted by molar-refractivity contribution is -0.394. The number of benzene rings is 3. The third-order valence-electron chi connectivity index (χ3n) is 5.59. The van der Waals surface area contributed by atoms with Gasteiger partial charge in [-0.15, -0.1) is 0 Å². The second kappa shape index (κ2) is 8.98. The molecule has 1 aliphatic carbocycles. The number of rotatable bonds is 7. The number of nitro groups is 2. The van der Waals surface area contributed by atoms with Crippen molar-refractivity contribution < 1.29 is 29.3 Å². The number of carbonyl (C=O) groups is 2. The summed E-state index contributed by atoms with van der Waals surface area (Å²) in [6, 6.07) is 15.9. The first kappa shape index (κ1) is 22.4. The summed E-state index contributed by atoms with van der Waals surface area (Å²) < 4.78 is 5.31. The smallest absolute Gasteiger partial charge is 0.408 e. The maximum Gasteiger partial charge on any atom is 0.408 e. The van der Waals surface area contributed by atoms with Gasteiger partial charge in [-0.3, -0.25) is 20.2 Å². The van der Waals surface area contributed by atoms with Crippen LogP contribution in [-0.2, 0) is 9.53 Å². The van der Waals surface area contributed by atoms with Crippen LogP contribution in [0.1, 0.15) is 28.7 Å². The zero-order chi connectivity index (χ0) is 24.4. The molecule has 11 heteroatoms. The van der Waals surface area contributed by atoms with Gasteiger partial charge in [0.05, 0.1) is 21.5 Å². The molecule has 1 aliphatic rings. The van der Waals surface area contributed by atoms with Crippen molar-refractivity contribution in [2.75, 3.05) is 6.61 Å². The molecule has 4 rings (SSSR count). The third kappa shape index (κ3) is 4.13. The van der Waals surface area contributed by atoms with E-state index in [-0.39, 0.29) is 12.5 Å². The summed E-state index contributed by atoms with van der Waals surface area (Å²) in [5.74, 6) is -1.86. The lowest BCUT2D eigenvalue weighted by atomic mass is 9.98. The van der Waals surface area contributed by atoms with Crippen LogP contribution < -0.4 is 5.32 Å². The van der Waals surface area contributed by atoms with Gasteiger partial charge in [0.25, 0.3) is 11.4 Å². The Morgan fingerprint density at radius 1 is 0.941 bits per heavy atom. The van der Waals surface area contributed by atoms with Gasteiger partial charge in [0.15, 0.2) is 6.04 Å². The predicted octanol–water partition coefficient (Wildman–Crippen LogP) is 4.17. The van der Waals surface area contributed by atoms with Gasteiger partial charge in [-0.1, -0.05) is 48.5 Å². The Morgan fingerprint density at radius 2 is 1.53 bits per heavy atom. The van der Waals surface area contributed by atoms with Crippen LogP contribution in [0.5, 0.6) is 0 Å². The highest BCUT2D eigenvalue weighted by Gasteiger charge is 2.33. The van der Waals surface area contributed by atoms with Crippen LogP contribution in [-0.4, -0.2) is 33.6 Å². The van der Waals surface area contributed by atoms with E-state index in [1.54, 1.807) is 0 Å². The number of carbonyl (C=O) groups excluding carboxylic acids is 1. The van der Waals surface area contributed by atoms with Crippen molar-refractivity contribution in [1.29, 1.82) is 0 Å². The van der Waals surface area contributed by atoms with Crippen molar-refractivity contribution in [3.8, 4) is 11.1 Å². The number of alkyl carbamates (subject to hydrolysis) is 1. The van der Waals surface area contributed by atoms with E-state index in [9.17, 15) is 34.9 Å². The zero-order valence-electron chi connectivity index (χ0n) is 17.4. The Labute approximate surface area is 191 Å². The summed E-state index contributed by atoms with van der Waals surface area (Å²) in [7, 11) is 0. The van der Waals surface area contributed by atoms with E-state index in [1.807, 2.05) is 48.5 Å². The van der Waals surface area contributed by atoms with Crippen molar-refractivity contribution in [2.24, 2.45) is 0 Å².